The molecular formula is C22H21F3N2O5. The van der Waals surface area contributed by atoms with E-state index in [1.807, 2.05) is 0 Å². The van der Waals surface area contributed by atoms with Crippen LogP contribution in [0.25, 0.3) is 22.8 Å². The van der Waals surface area contributed by atoms with Crippen molar-refractivity contribution in [2.75, 3.05) is 27.9 Å². The molecule has 0 atom stereocenters. The van der Waals surface area contributed by atoms with E-state index in [1.165, 1.54) is 33.5 Å². The third kappa shape index (κ3) is 4.48. The average Bonchev–Trinajstić information content (AvgIpc) is 3.23. The van der Waals surface area contributed by atoms with Crippen molar-refractivity contribution in [1.82, 2.24) is 10.3 Å². The molecule has 1 amide bonds. The Morgan fingerprint density at radius 2 is 1.59 bits per heavy atom. The fourth-order valence-electron chi connectivity index (χ4n) is 3.05. The number of nitrogens with zero attached hydrogens (tertiary/aromatic N) is 1. The zero-order chi connectivity index (χ0) is 23.5. The number of aromatic nitrogens is 1. The van der Waals surface area contributed by atoms with Crippen molar-refractivity contribution >= 4 is 5.91 Å². The number of carbonyl (C=O) groups excluding carboxylic acids is 1. The molecule has 3 rings (SSSR count). The Balaban J connectivity index is 2.16. The second kappa shape index (κ2) is 9.21. The van der Waals surface area contributed by atoms with Crippen LogP contribution in [0.1, 0.15) is 23.0 Å². The molecule has 2 aromatic carbocycles. The van der Waals surface area contributed by atoms with Gasteiger partial charge in [-0.15, -0.1) is 0 Å². The topological polar surface area (TPSA) is 82.8 Å². The molecule has 170 valence electrons. The lowest BCUT2D eigenvalue weighted by molar-refractivity contribution is -0.137. The predicted molar refractivity (Wildman–Crippen MR) is 110 cm³/mol. The van der Waals surface area contributed by atoms with Gasteiger partial charge in [0.05, 0.1) is 26.9 Å². The molecule has 0 radical (unpaired) electrons. The monoisotopic (exact) mass is 450 g/mol. The summed E-state index contributed by atoms with van der Waals surface area (Å²) in [6.45, 7) is 2.09. The molecular weight excluding hydrogens is 429 g/mol. The van der Waals surface area contributed by atoms with E-state index in [4.69, 9.17) is 18.6 Å². The van der Waals surface area contributed by atoms with Crippen LogP contribution in [-0.4, -0.2) is 38.8 Å². The van der Waals surface area contributed by atoms with Gasteiger partial charge in [0.1, 0.15) is 0 Å². The van der Waals surface area contributed by atoms with Crippen molar-refractivity contribution in [3.63, 3.8) is 0 Å². The van der Waals surface area contributed by atoms with Crippen LogP contribution < -0.4 is 19.5 Å². The largest absolute Gasteiger partial charge is 0.493 e. The minimum Gasteiger partial charge on any atom is -0.493 e. The van der Waals surface area contributed by atoms with E-state index >= 15 is 0 Å². The maximum atomic E-state index is 12.9. The van der Waals surface area contributed by atoms with Crippen molar-refractivity contribution in [2.45, 2.75) is 13.1 Å². The van der Waals surface area contributed by atoms with Gasteiger partial charge in [0.25, 0.3) is 5.91 Å². The molecule has 0 aliphatic heterocycles. The van der Waals surface area contributed by atoms with Gasteiger partial charge in [-0.2, -0.15) is 13.2 Å². The number of ether oxygens (including phenoxy) is 3. The van der Waals surface area contributed by atoms with E-state index in [1.54, 1.807) is 19.1 Å². The number of carbonyl (C=O) groups is 1. The van der Waals surface area contributed by atoms with Crippen LogP contribution >= 0.6 is 0 Å². The molecule has 1 aromatic heterocycles. The lowest BCUT2D eigenvalue weighted by atomic mass is 10.1. The molecule has 1 N–H and O–H groups in total. The van der Waals surface area contributed by atoms with E-state index < -0.39 is 17.6 Å². The zero-order valence-corrected chi connectivity index (χ0v) is 17.8. The Labute approximate surface area is 182 Å². The first-order valence-electron chi connectivity index (χ1n) is 9.50. The second-order valence-electron chi connectivity index (χ2n) is 6.55. The predicted octanol–water partition coefficient (Wildman–Crippen LogP) is 4.80. The summed E-state index contributed by atoms with van der Waals surface area (Å²) in [6, 6.07) is 7.47. The molecule has 0 saturated carbocycles. The van der Waals surface area contributed by atoms with Gasteiger partial charge in [-0.25, -0.2) is 4.98 Å². The van der Waals surface area contributed by atoms with E-state index in [0.29, 0.717) is 29.4 Å². The van der Waals surface area contributed by atoms with Gasteiger partial charge in [-0.05, 0) is 43.3 Å². The summed E-state index contributed by atoms with van der Waals surface area (Å²) in [5.41, 5.74) is -0.147. The lowest BCUT2D eigenvalue weighted by Crippen LogP contribution is -2.23. The molecule has 0 spiro atoms. The van der Waals surface area contributed by atoms with Gasteiger partial charge in [0, 0.05) is 17.7 Å². The summed E-state index contributed by atoms with van der Waals surface area (Å²) >= 11 is 0. The van der Waals surface area contributed by atoms with Crippen LogP contribution in [-0.2, 0) is 6.18 Å². The molecule has 0 fully saturated rings. The van der Waals surface area contributed by atoms with Gasteiger partial charge in [0.2, 0.25) is 11.6 Å². The number of oxazole rings is 1. The van der Waals surface area contributed by atoms with Gasteiger partial charge < -0.3 is 23.9 Å². The van der Waals surface area contributed by atoms with Crippen molar-refractivity contribution in [1.29, 1.82) is 0 Å². The summed E-state index contributed by atoms with van der Waals surface area (Å²) in [4.78, 5) is 16.9. The molecule has 1 heterocycles. The van der Waals surface area contributed by atoms with Crippen LogP contribution in [0.15, 0.2) is 40.8 Å². The molecule has 7 nitrogen and oxygen atoms in total. The van der Waals surface area contributed by atoms with Gasteiger partial charge in [-0.1, -0.05) is 0 Å². The van der Waals surface area contributed by atoms with E-state index in [9.17, 15) is 18.0 Å². The Morgan fingerprint density at radius 3 is 2.06 bits per heavy atom. The maximum Gasteiger partial charge on any atom is 0.416 e. The summed E-state index contributed by atoms with van der Waals surface area (Å²) in [7, 11) is 4.34. The highest BCUT2D eigenvalue weighted by atomic mass is 19.4. The third-order valence-corrected chi connectivity index (χ3v) is 4.57. The Morgan fingerprint density at radius 1 is 1.00 bits per heavy atom. The average molecular weight is 450 g/mol. The summed E-state index contributed by atoms with van der Waals surface area (Å²) < 4.78 is 60.5. The van der Waals surface area contributed by atoms with Crippen LogP contribution in [0.2, 0.25) is 0 Å². The highest BCUT2D eigenvalue weighted by Crippen LogP contribution is 2.42. The van der Waals surface area contributed by atoms with Crippen LogP contribution in [0.4, 0.5) is 13.2 Å². The molecule has 3 aromatic rings. The smallest absolute Gasteiger partial charge is 0.416 e. The van der Waals surface area contributed by atoms with Gasteiger partial charge in [0.15, 0.2) is 23.0 Å². The minimum absolute atomic E-state index is 0.0104. The number of nitrogens with one attached hydrogen (secondary N) is 1. The minimum atomic E-state index is -4.47. The summed E-state index contributed by atoms with van der Waals surface area (Å²) in [6.07, 6.45) is -4.47. The first kappa shape index (κ1) is 23.0. The highest BCUT2D eigenvalue weighted by molar-refractivity contribution is 5.98. The Bertz CT molecular complexity index is 1080. The fourth-order valence-corrected chi connectivity index (χ4v) is 3.05. The Kier molecular flexibility index (Phi) is 6.61. The number of hydrogen-bond donors (Lipinski definition) is 1. The quantitative estimate of drug-likeness (QED) is 0.557. The number of amides is 1. The molecule has 10 heteroatoms. The molecule has 32 heavy (non-hydrogen) atoms. The van der Waals surface area contributed by atoms with Crippen molar-refractivity contribution in [3.05, 3.63) is 47.7 Å². The molecule has 0 aliphatic carbocycles. The molecule has 0 saturated heterocycles. The Hall–Kier alpha value is -3.69. The summed E-state index contributed by atoms with van der Waals surface area (Å²) in [5.74, 6) is 0.597. The maximum absolute atomic E-state index is 12.9. The van der Waals surface area contributed by atoms with E-state index in [0.717, 1.165) is 12.1 Å². The van der Waals surface area contributed by atoms with Crippen molar-refractivity contribution in [2.24, 2.45) is 0 Å². The number of benzene rings is 2. The van der Waals surface area contributed by atoms with Crippen LogP contribution in [0.3, 0.4) is 0 Å². The van der Waals surface area contributed by atoms with Crippen LogP contribution in [0.5, 0.6) is 17.2 Å². The standard InChI is InChI=1S/C22H21F3N2O5/c1-5-26-20(28)17-18(13-10-15(29-2)19(31-4)16(11-13)30-3)32-21(27-17)12-6-8-14(9-7-12)22(23,24)25/h6-11H,5H2,1-4H3,(H,26,28). The van der Waals surface area contributed by atoms with Crippen molar-refractivity contribution in [3.8, 4) is 40.0 Å². The molecule has 0 bridgehead atoms. The van der Waals surface area contributed by atoms with E-state index in [-0.39, 0.29) is 22.9 Å². The lowest BCUT2D eigenvalue weighted by Gasteiger charge is -2.13. The number of hydrogen-bond acceptors (Lipinski definition) is 6. The van der Waals surface area contributed by atoms with Gasteiger partial charge in [-0.3, -0.25) is 4.79 Å². The normalized spacial score (nSPS) is 11.2. The van der Waals surface area contributed by atoms with Crippen molar-refractivity contribution < 1.29 is 36.6 Å². The number of methoxy groups -OCH3 is 3. The second-order valence-corrected chi connectivity index (χ2v) is 6.55. The number of rotatable bonds is 7. The highest BCUT2D eigenvalue weighted by Gasteiger charge is 2.30. The molecule has 0 unspecified atom stereocenters. The SMILES string of the molecule is CCNC(=O)c1nc(-c2ccc(C(F)(F)F)cc2)oc1-c1cc(OC)c(OC)c(OC)c1. The number of alkyl halides is 3. The number of halogens is 3. The molecule has 0 aliphatic rings. The fraction of sp³-hybridized carbons (Fsp3) is 0.273. The van der Waals surface area contributed by atoms with Gasteiger partial charge >= 0.3 is 6.18 Å². The first-order valence-corrected chi connectivity index (χ1v) is 9.50. The third-order valence-electron chi connectivity index (χ3n) is 4.57. The van der Waals surface area contributed by atoms with E-state index in [2.05, 4.69) is 10.3 Å². The zero-order valence-electron chi connectivity index (χ0n) is 17.8. The summed E-state index contributed by atoms with van der Waals surface area (Å²) in [5, 5.41) is 2.65. The first-order chi connectivity index (χ1) is 15.2. The van der Waals surface area contributed by atoms with Crippen LogP contribution in [0, 0.1) is 0 Å².